The third kappa shape index (κ3) is 4.57. The number of carbonyl (C=O) groups excluding carboxylic acids is 1. The lowest BCUT2D eigenvalue weighted by atomic mass is 10.1. The monoisotopic (exact) mass is 368 g/mol. The standard InChI is InChI=1S/C21H28N4O2/c1-16-20(17(2)24(4)22-16)9-10-21(26)23(3)15-18-5-7-19(8-6-18)25-11-13-27-14-12-25/h5-10H,11-15H2,1-4H3. The molecule has 0 aliphatic carbocycles. The highest BCUT2D eigenvalue weighted by Crippen LogP contribution is 2.18. The van der Waals surface area contributed by atoms with Crippen LogP contribution < -0.4 is 4.90 Å². The molecule has 1 fully saturated rings. The molecule has 1 aromatic carbocycles. The number of hydrogen-bond donors (Lipinski definition) is 0. The summed E-state index contributed by atoms with van der Waals surface area (Å²) in [5, 5.41) is 4.38. The van der Waals surface area contributed by atoms with Crippen LogP contribution in [0.1, 0.15) is 22.5 Å². The number of rotatable bonds is 5. The fourth-order valence-corrected chi connectivity index (χ4v) is 3.30. The molecule has 6 nitrogen and oxygen atoms in total. The van der Waals surface area contributed by atoms with Crippen molar-refractivity contribution in [1.82, 2.24) is 14.7 Å². The van der Waals surface area contributed by atoms with E-state index in [1.165, 1.54) is 5.69 Å². The quantitative estimate of drug-likeness (QED) is 0.761. The van der Waals surface area contributed by atoms with Gasteiger partial charge in [0, 0.05) is 56.8 Å². The molecule has 0 atom stereocenters. The fraction of sp³-hybridized carbons (Fsp3) is 0.429. The largest absolute Gasteiger partial charge is 0.378 e. The van der Waals surface area contributed by atoms with E-state index >= 15 is 0 Å². The lowest BCUT2D eigenvalue weighted by Gasteiger charge is -2.29. The summed E-state index contributed by atoms with van der Waals surface area (Å²) in [5.74, 6) is -0.0186. The van der Waals surface area contributed by atoms with Crippen molar-refractivity contribution < 1.29 is 9.53 Å². The molecule has 0 radical (unpaired) electrons. The number of likely N-dealkylation sites (N-methyl/N-ethyl adjacent to an activating group) is 1. The molecule has 1 aromatic heterocycles. The number of nitrogens with zero attached hydrogens (tertiary/aromatic N) is 4. The zero-order valence-corrected chi connectivity index (χ0v) is 16.6. The molecule has 0 N–H and O–H groups in total. The van der Waals surface area contributed by atoms with Crippen LogP contribution in [0, 0.1) is 13.8 Å². The van der Waals surface area contributed by atoms with Gasteiger partial charge in [0.2, 0.25) is 5.91 Å². The van der Waals surface area contributed by atoms with Gasteiger partial charge in [0.1, 0.15) is 0 Å². The van der Waals surface area contributed by atoms with E-state index in [0.29, 0.717) is 6.54 Å². The maximum absolute atomic E-state index is 12.5. The van der Waals surface area contributed by atoms with Crippen molar-refractivity contribution in [3.8, 4) is 0 Å². The summed E-state index contributed by atoms with van der Waals surface area (Å²) in [6.45, 7) is 7.95. The van der Waals surface area contributed by atoms with Crippen molar-refractivity contribution in [2.75, 3.05) is 38.3 Å². The van der Waals surface area contributed by atoms with E-state index in [-0.39, 0.29) is 5.91 Å². The summed E-state index contributed by atoms with van der Waals surface area (Å²) in [4.78, 5) is 16.5. The number of benzene rings is 1. The second kappa shape index (κ2) is 8.39. The molecule has 0 bridgehead atoms. The SMILES string of the molecule is Cc1nn(C)c(C)c1C=CC(=O)N(C)Cc1ccc(N2CCOCC2)cc1. The number of carbonyl (C=O) groups is 1. The molecule has 0 saturated carbocycles. The van der Waals surface area contributed by atoms with Crippen LogP contribution in [0.25, 0.3) is 6.08 Å². The van der Waals surface area contributed by atoms with E-state index in [9.17, 15) is 4.79 Å². The Morgan fingerprint density at radius 1 is 1.22 bits per heavy atom. The zero-order chi connectivity index (χ0) is 19.4. The van der Waals surface area contributed by atoms with Crippen LogP contribution in [0.3, 0.4) is 0 Å². The highest BCUT2D eigenvalue weighted by molar-refractivity contribution is 5.91. The minimum Gasteiger partial charge on any atom is -0.378 e. The van der Waals surface area contributed by atoms with Crippen LogP contribution in [-0.2, 0) is 23.1 Å². The van der Waals surface area contributed by atoms with Crippen molar-refractivity contribution >= 4 is 17.7 Å². The molecule has 6 heteroatoms. The fourth-order valence-electron chi connectivity index (χ4n) is 3.30. The average molecular weight is 368 g/mol. The van der Waals surface area contributed by atoms with Gasteiger partial charge in [-0.25, -0.2) is 0 Å². The summed E-state index contributed by atoms with van der Waals surface area (Å²) in [7, 11) is 3.74. The Kier molecular flexibility index (Phi) is 5.96. The first kappa shape index (κ1) is 19.2. The van der Waals surface area contributed by atoms with E-state index in [0.717, 1.165) is 48.8 Å². The molecule has 1 amide bonds. The van der Waals surface area contributed by atoms with Gasteiger partial charge in [0.15, 0.2) is 0 Å². The van der Waals surface area contributed by atoms with E-state index < -0.39 is 0 Å². The Morgan fingerprint density at radius 2 is 1.89 bits per heavy atom. The van der Waals surface area contributed by atoms with E-state index in [1.54, 1.807) is 11.0 Å². The van der Waals surface area contributed by atoms with Crippen molar-refractivity contribution in [3.63, 3.8) is 0 Å². The highest BCUT2D eigenvalue weighted by Gasteiger charge is 2.12. The lowest BCUT2D eigenvalue weighted by Crippen LogP contribution is -2.36. The normalized spacial score (nSPS) is 14.7. The second-order valence-corrected chi connectivity index (χ2v) is 7.00. The summed E-state index contributed by atoms with van der Waals surface area (Å²) >= 11 is 0. The summed E-state index contributed by atoms with van der Waals surface area (Å²) < 4.78 is 7.23. The van der Waals surface area contributed by atoms with Gasteiger partial charge in [-0.3, -0.25) is 9.48 Å². The molecular weight excluding hydrogens is 340 g/mol. The number of aromatic nitrogens is 2. The Balaban J connectivity index is 1.60. The number of hydrogen-bond acceptors (Lipinski definition) is 4. The molecule has 1 saturated heterocycles. The predicted octanol–water partition coefficient (Wildman–Crippen LogP) is 2.55. The third-order valence-corrected chi connectivity index (χ3v) is 5.07. The molecule has 1 aliphatic rings. The molecule has 1 aliphatic heterocycles. The van der Waals surface area contributed by atoms with Crippen LogP contribution in [0.4, 0.5) is 5.69 Å². The topological polar surface area (TPSA) is 50.6 Å². The van der Waals surface area contributed by atoms with Gasteiger partial charge >= 0.3 is 0 Å². The van der Waals surface area contributed by atoms with E-state index in [4.69, 9.17) is 4.74 Å². The first-order valence-corrected chi connectivity index (χ1v) is 9.30. The van der Waals surface area contributed by atoms with E-state index in [1.807, 2.05) is 38.7 Å². The van der Waals surface area contributed by atoms with Crippen molar-refractivity contribution in [3.05, 3.63) is 52.9 Å². The van der Waals surface area contributed by atoms with Gasteiger partial charge in [0.05, 0.1) is 18.9 Å². The molecule has 3 rings (SSSR count). The Hall–Kier alpha value is -2.60. The molecule has 144 valence electrons. The minimum atomic E-state index is -0.0186. The van der Waals surface area contributed by atoms with Crippen LogP contribution in [0.2, 0.25) is 0 Å². The first-order valence-electron chi connectivity index (χ1n) is 9.30. The molecule has 2 aromatic rings. The van der Waals surface area contributed by atoms with Gasteiger partial charge < -0.3 is 14.5 Å². The molecule has 27 heavy (non-hydrogen) atoms. The van der Waals surface area contributed by atoms with Crippen LogP contribution >= 0.6 is 0 Å². The third-order valence-electron chi connectivity index (χ3n) is 5.07. The van der Waals surface area contributed by atoms with E-state index in [2.05, 4.69) is 34.3 Å². The summed E-state index contributed by atoms with van der Waals surface area (Å²) in [6.07, 6.45) is 3.48. The van der Waals surface area contributed by atoms with Crippen LogP contribution in [0.5, 0.6) is 0 Å². The second-order valence-electron chi connectivity index (χ2n) is 7.00. The van der Waals surface area contributed by atoms with Crippen molar-refractivity contribution in [2.24, 2.45) is 7.05 Å². The Bertz CT molecular complexity index is 817. The smallest absolute Gasteiger partial charge is 0.246 e. The Labute approximate surface area is 161 Å². The molecule has 0 spiro atoms. The predicted molar refractivity (Wildman–Crippen MR) is 108 cm³/mol. The zero-order valence-electron chi connectivity index (χ0n) is 16.6. The van der Waals surface area contributed by atoms with Gasteiger partial charge in [-0.15, -0.1) is 0 Å². The average Bonchev–Trinajstić information content (AvgIpc) is 2.92. The van der Waals surface area contributed by atoms with Crippen molar-refractivity contribution in [1.29, 1.82) is 0 Å². The maximum atomic E-state index is 12.5. The van der Waals surface area contributed by atoms with Gasteiger partial charge in [-0.2, -0.15) is 5.10 Å². The number of ether oxygens (including phenoxy) is 1. The molecule has 2 heterocycles. The minimum absolute atomic E-state index is 0.0186. The van der Waals surface area contributed by atoms with Gasteiger partial charge in [-0.05, 0) is 37.6 Å². The summed E-state index contributed by atoms with van der Waals surface area (Å²) in [5.41, 5.74) is 5.32. The lowest BCUT2D eigenvalue weighted by molar-refractivity contribution is -0.125. The summed E-state index contributed by atoms with van der Waals surface area (Å²) in [6, 6.07) is 8.43. The Morgan fingerprint density at radius 3 is 2.48 bits per heavy atom. The number of morpholine rings is 1. The van der Waals surface area contributed by atoms with Crippen LogP contribution in [0.15, 0.2) is 30.3 Å². The van der Waals surface area contributed by atoms with Gasteiger partial charge in [0.25, 0.3) is 0 Å². The maximum Gasteiger partial charge on any atom is 0.246 e. The molecule has 0 unspecified atom stereocenters. The number of anilines is 1. The number of aryl methyl sites for hydroxylation is 2. The highest BCUT2D eigenvalue weighted by atomic mass is 16.5. The van der Waals surface area contributed by atoms with Crippen LogP contribution in [-0.4, -0.2) is 53.9 Å². The molecular formula is C21H28N4O2. The van der Waals surface area contributed by atoms with Crippen molar-refractivity contribution in [2.45, 2.75) is 20.4 Å². The van der Waals surface area contributed by atoms with Gasteiger partial charge in [-0.1, -0.05) is 12.1 Å². The first-order chi connectivity index (χ1) is 13.0. The number of amides is 1.